The van der Waals surface area contributed by atoms with Crippen LogP contribution in [-0.4, -0.2) is 25.6 Å². The number of rotatable bonds is 5. The minimum atomic E-state index is 0.0180. The maximum Gasteiger partial charge on any atom is 0.254 e. The monoisotopic (exact) mass is 318 g/mol. The molecule has 1 fully saturated rings. The Kier molecular flexibility index (Phi) is 3.44. The minimum absolute atomic E-state index is 0.0180. The van der Waals surface area contributed by atoms with Gasteiger partial charge in [-0.15, -0.1) is 0 Å². The van der Waals surface area contributed by atoms with Crippen LogP contribution >= 0.6 is 11.8 Å². The van der Waals surface area contributed by atoms with Crippen LogP contribution in [0.3, 0.4) is 0 Å². The van der Waals surface area contributed by atoms with Gasteiger partial charge in [-0.25, -0.2) is 9.97 Å². The van der Waals surface area contributed by atoms with E-state index in [9.17, 15) is 4.79 Å². The van der Waals surface area contributed by atoms with E-state index >= 15 is 0 Å². The van der Waals surface area contributed by atoms with Crippen LogP contribution < -0.4 is 10.3 Å². The van der Waals surface area contributed by atoms with Crippen molar-refractivity contribution in [1.82, 2.24) is 19.5 Å². The zero-order chi connectivity index (χ0) is 15.1. The van der Waals surface area contributed by atoms with Crippen LogP contribution in [0.1, 0.15) is 36.2 Å². The van der Waals surface area contributed by atoms with Crippen LogP contribution in [0.5, 0.6) is 5.88 Å². The number of aromatic nitrogens is 4. The van der Waals surface area contributed by atoms with Gasteiger partial charge >= 0.3 is 0 Å². The van der Waals surface area contributed by atoms with E-state index in [0.717, 1.165) is 49.1 Å². The third-order valence-electron chi connectivity index (χ3n) is 4.09. The molecule has 2 aliphatic rings. The Morgan fingerprint density at radius 2 is 2.32 bits per heavy atom. The molecule has 2 aliphatic carbocycles. The topological polar surface area (TPSA) is 72.8 Å². The van der Waals surface area contributed by atoms with Crippen LogP contribution in [-0.2, 0) is 25.6 Å². The second-order valence-electron chi connectivity index (χ2n) is 5.86. The highest BCUT2D eigenvalue weighted by atomic mass is 32.2. The second-order valence-corrected chi connectivity index (χ2v) is 6.83. The molecule has 4 rings (SSSR count). The van der Waals surface area contributed by atoms with E-state index in [1.807, 2.05) is 11.6 Å². The fourth-order valence-corrected chi connectivity index (χ4v) is 3.60. The highest BCUT2D eigenvalue weighted by Gasteiger charge is 2.26. The van der Waals surface area contributed by atoms with Gasteiger partial charge in [0.05, 0.1) is 17.7 Å². The number of ether oxygens (including phenoxy) is 1. The van der Waals surface area contributed by atoms with Gasteiger partial charge in [-0.2, -0.15) is 0 Å². The normalized spacial score (nSPS) is 16.8. The Morgan fingerprint density at radius 1 is 1.45 bits per heavy atom. The molecule has 7 heteroatoms. The predicted molar refractivity (Wildman–Crippen MR) is 83.3 cm³/mol. The van der Waals surface area contributed by atoms with Crippen LogP contribution in [0.2, 0.25) is 0 Å². The molecule has 116 valence electrons. The van der Waals surface area contributed by atoms with Gasteiger partial charge in [0.2, 0.25) is 5.88 Å². The molecule has 22 heavy (non-hydrogen) atoms. The number of fused-ring (bicyclic) bond motifs is 1. The van der Waals surface area contributed by atoms with Crippen LogP contribution in [0.15, 0.2) is 16.3 Å². The summed E-state index contributed by atoms with van der Waals surface area (Å²) in [5, 5.41) is 0.684. The second kappa shape index (κ2) is 5.46. The molecule has 0 aromatic carbocycles. The van der Waals surface area contributed by atoms with Gasteiger partial charge in [-0.3, -0.25) is 4.79 Å². The average molecular weight is 318 g/mol. The van der Waals surface area contributed by atoms with Gasteiger partial charge in [-0.05, 0) is 32.1 Å². The number of thioether (sulfide) groups is 1. The molecular weight excluding hydrogens is 300 g/mol. The summed E-state index contributed by atoms with van der Waals surface area (Å²) in [4.78, 5) is 23.8. The molecule has 0 aliphatic heterocycles. The maximum atomic E-state index is 12.0. The Labute approximate surface area is 132 Å². The summed E-state index contributed by atoms with van der Waals surface area (Å²) in [6, 6.07) is 0. The fourth-order valence-electron chi connectivity index (χ4n) is 2.66. The Hall–Kier alpha value is -1.76. The van der Waals surface area contributed by atoms with Crippen molar-refractivity contribution in [2.24, 2.45) is 7.05 Å². The number of aromatic amines is 1. The molecule has 0 unspecified atom stereocenters. The van der Waals surface area contributed by atoms with Crippen LogP contribution in [0.25, 0.3) is 0 Å². The van der Waals surface area contributed by atoms with Crippen LogP contribution in [0, 0.1) is 0 Å². The van der Waals surface area contributed by atoms with Gasteiger partial charge in [0, 0.05) is 18.4 Å². The van der Waals surface area contributed by atoms with Crippen molar-refractivity contribution in [3.05, 3.63) is 33.6 Å². The van der Waals surface area contributed by atoms with Crippen molar-refractivity contribution >= 4 is 11.8 Å². The standard InChI is InChI=1S/C15H18N4O2S/c1-19-8-16-14(21-9-5-6-9)12(19)7-22-15-17-11-4-2-3-10(11)13(20)18-15/h8-9H,2-7H2,1H3,(H,17,18,20). The Morgan fingerprint density at radius 3 is 3.14 bits per heavy atom. The van der Waals surface area contributed by atoms with Gasteiger partial charge in [0.1, 0.15) is 6.10 Å². The first-order chi connectivity index (χ1) is 10.7. The third kappa shape index (κ3) is 2.65. The summed E-state index contributed by atoms with van der Waals surface area (Å²) in [6.45, 7) is 0. The third-order valence-corrected chi connectivity index (χ3v) is 4.97. The molecule has 2 heterocycles. The summed E-state index contributed by atoms with van der Waals surface area (Å²) in [7, 11) is 1.96. The number of nitrogens with one attached hydrogen (secondary N) is 1. The number of hydrogen-bond acceptors (Lipinski definition) is 5. The van der Waals surface area contributed by atoms with Crippen LogP contribution in [0.4, 0.5) is 0 Å². The SMILES string of the molecule is Cn1cnc(OC2CC2)c1CSc1nc2c(c(=O)[nH]1)CCC2. The average Bonchev–Trinajstić information content (AvgIpc) is 3.05. The first-order valence-electron chi connectivity index (χ1n) is 7.62. The zero-order valence-electron chi connectivity index (χ0n) is 12.5. The molecule has 2 aromatic rings. The van der Waals surface area contributed by atoms with E-state index in [1.165, 1.54) is 11.8 Å². The van der Waals surface area contributed by atoms with Gasteiger partial charge in [0.15, 0.2) is 5.16 Å². The Balaban J connectivity index is 1.52. The van der Waals surface area contributed by atoms with E-state index in [0.29, 0.717) is 22.9 Å². The van der Waals surface area contributed by atoms with Crippen molar-refractivity contribution in [2.45, 2.75) is 49.1 Å². The number of aryl methyl sites for hydroxylation is 2. The predicted octanol–water partition coefficient (Wildman–Crippen LogP) is 1.83. The highest BCUT2D eigenvalue weighted by Crippen LogP contribution is 2.31. The number of imidazole rings is 1. The lowest BCUT2D eigenvalue weighted by atomic mass is 10.3. The van der Waals surface area contributed by atoms with E-state index < -0.39 is 0 Å². The maximum absolute atomic E-state index is 12.0. The smallest absolute Gasteiger partial charge is 0.254 e. The van der Waals surface area contributed by atoms with Crippen molar-refractivity contribution in [3.8, 4) is 5.88 Å². The van der Waals surface area contributed by atoms with Crippen molar-refractivity contribution in [2.75, 3.05) is 0 Å². The van der Waals surface area contributed by atoms with E-state index in [4.69, 9.17) is 4.74 Å². The minimum Gasteiger partial charge on any atom is -0.473 e. The van der Waals surface area contributed by atoms with E-state index in [2.05, 4.69) is 15.0 Å². The van der Waals surface area contributed by atoms with Crippen molar-refractivity contribution < 1.29 is 4.74 Å². The van der Waals surface area contributed by atoms with Crippen molar-refractivity contribution in [1.29, 1.82) is 0 Å². The molecule has 2 aromatic heterocycles. The van der Waals surface area contributed by atoms with Gasteiger partial charge in [0.25, 0.3) is 5.56 Å². The molecule has 1 N–H and O–H groups in total. The molecule has 1 saturated carbocycles. The lowest BCUT2D eigenvalue weighted by Gasteiger charge is -2.07. The van der Waals surface area contributed by atoms with E-state index in [-0.39, 0.29) is 5.56 Å². The first kappa shape index (κ1) is 13.9. The quantitative estimate of drug-likeness (QED) is 0.672. The number of nitrogens with zero attached hydrogens (tertiary/aromatic N) is 3. The largest absolute Gasteiger partial charge is 0.473 e. The molecule has 0 atom stereocenters. The molecule has 0 saturated heterocycles. The van der Waals surface area contributed by atoms with Crippen molar-refractivity contribution in [3.63, 3.8) is 0 Å². The summed E-state index contributed by atoms with van der Waals surface area (Å²) in [5.41, 5.74) is 2.87. The molecular formula is C15H18N4O2S. The summed E-state index contributed by atoms with van der Waals surface area (Å²) in [6.07, 6.45) is 7.12. The fraction of sp³-hybridized carbons (Fsp3) is 0.533. The zero-order valence-corrected chi connectivity index (χ0v) is 13.3. The number of hydrogen-bond donors (Lipinski definition) is 1. The molecule has 0 radical (unpaired) electrons. The molecule has 0 bridgehead atoms. The summed E-state index contributed by atoms with van der Waals surface area (Å²) in [5.74, 6) is 1.39. The number of H-pyrrole nitrogens is 1. The highest BCUT2D eigenvalue weighted by molar-refractivity contribution is 7.98. The molecule has 0 amide bonds. The first-order valence-corrected chi connectivity index (χ1v) is 8.61. The molecule has 0 spiro atoms. The Bertz CT molecular complexity index is 763. The molecule has 6 nitrogen and oxygen atoms in total. The summed E-state index contributed by atoms with van der Waals surface area (Å²) < 4.78 is 7.79. The van der Waals surface area contributed by atoms with E-state index in [1.54, 1.807) is 6.33 Å². The lowest BCUT2D eigenvalue weighted by molar-refractivity contribution is 0.289. The lowest BCUT2D eigenvalue weighted by Crippen LogP contribution is -2.15. The summed E-state index contributed by atoms with van der Waals surface area (Å²) >= 11 is 1.53. The van der Waals surface area contributed by atoms with Gasteiger partial charge in [-0.1, -0.05) is 11.8 Å². The van der Waals surface area contributed by atoms with Gasteiger partial charge < -0.3 is 14.3 Å².